The van der Waals surface area contributed by atoms with Crippen molar-refractivity contribution in [2.24, 2.45) is 4.99 Å². The number of benzene rings is 2. The molecule has 3 aromatic rings. The van der Waals surface area contributed by atoms with Crippen molar-refractivity contribution in [1.82, 2.24) is 4.57 Å². The maximum absolute atomic E-state index is 13.6. The molecule has 8 heteroatoms. The van der Waals surface area contributed by atoms with Crippen molar-refractivity contribution >= 4 is 23.4 Å². The summed E-state index contributed by atoms with van der Waals surface area (Å²) in [6.07, 6.45) is 1.66. The van der Waals surface area contributed by atoms with Gasteiger partial charge in [-0.1, -0.05) is 41.7 Å². The molecule has 0 amide bonds. The molecule has 4 rings (SSSR count). The minimum absolute atomic E-state index is 0.0233. The van der Waals surface area contributed by atoms with Crippen LogP contribution in [0.2, 0.25) is 0 Å². The van der Waals surface area contributed by atoms with Crippen LogP contribution in [-0.4, -0.2) is 28.4 Å². The van der Waals surface area contributed by atoms with E-state index in [4.69, 9.17) is 9.47 Å². The molecule has 0 radical (unpaired) electrons. The lowest BCUT2D eigenvalue weighted by molar-refractivity contribution is -0.139. The molecule has 1 atom stereocenters. The third-order valence-corrected chi connectivity index (χ3v) is 6.29. The Hall–Kier alpha value is -3.65. The van der Waals surface area contributed by atoms with Crippen LogP contribution >= 0.6 is 11.3 Å². The standard InChI is InChI=1S/C26H26N2O5S/c1-5-32-25(31)22-16(4)27-26-28(23(22)17-10-12-19(13-11-17)33-15(2)3)24(30)21(34-26)14-18-8-6-7-9-20(18)29/h6-15,23,29H,5H2,1-4H3/t23-/m1/s1. The van der Waals surface area contributed by atoms with Crippen LogP contribution in [0.3, 0.4) is 0 Å². The molecule has 2 aromatic carbocycles. The Morgan fingerprint density at radius 1 is 1.21 bits per heavy atom. The Morgan fingerprint density at radius 3 is 2.56 bits per heavy atom. The lowest BCUT2D eigenvalue weighted by Gasteiger charge is -2.25. The van der Waals surface area contributed by atoms with Crippen LogP contribution in [0.4, 0.5) is 0 Å². The highest BCUT2D eigenvalue weighted by atomic mass is 32.1. The van der Waals surface area contributed by atoms with Gasteiger partial charge in [-0.3, -0.25) is 9.36 Å². The molecule has 1 aromatic heterocycles. The fourth-order valence-corrected chi connectivity index (χ4v) is 4.90. The quantitative estimate of drug-likeness (QED) is 0.549. The van der Waals surface area contributed by atoms with Gasteiger partial charge in [0.2, 0.25) is 0 Å². The molecule has 0 spiro atoms. The highest BCUT2D eigenvalue weighted by Crippen LogP contribution is 2.31. The topological polar surface area (TPSA) is 90.1 Å². The van der Waals surface area contributed by atoms with E-state index in [-0.39, 0.29) is 24.0 Å². The van der Waals surface area contributed by atoms with Crippen LogP contribution in [0, 0.1) is 0 Å². The van der Waals surface area contributed by atoms with Crippen LogP contribution in [0.25, 0.3) is 6.08 Å². The summed E-state index contributed by atoms with van der Waals surface area (Å²) in [6, 6.07) is 13.4. The zero-order valence-corrected chi connectivity index (χ0v) is 20.3. The highest BCUT2D eigenvalue weighted by Gasteiger charge is 2.33. The van der Waals surface area contributed by atoms with Crippen LogP contribution in [0.5, 0.6) is 11.5 Å². The number of thiazole rings is 1. The van der Waals surface area contributed by atoms with Crippen LogP contribution in [0.1, 0.15) is 44.9 Å². The number of hydrogen-bond acceptors (Lipinski definition) is 7. The number of fused-ring (bicyclic) bond motifs is 1. The highest BCUT2D eigenvalue weighted by molar-refractivity contribution is 7.07. The number of allylic oxidation sites excluding steroid dienone is 1. The predicted molar refractivity (Wildman–Crippen MR) is 131 cm³/mol. The van der Waals surface area contributed by atoms with Crippen molar-refractivity contribution in [3.63, 3.8) is 0 Å². The first-order chi connectivity index (χ1) is 16.3. The van der Waals surface area contributed by atoms with Gasteiger partial charge >= 0.3 is 5.97 Å². The van der Waals surface area contributed by atoms with Gasteiger partial charge in [-0.05, 0) is 57.5 Å². The summed E-state index contributed by atoms with van der Waals surface area (Å²) in [6.45, 7) is 7.59. The minimum Gasteiger partial charge on any atom is -0.507 e. The van der Waals surface area contributed by atoms with E-state index < -0.39 is 12.0 Å². The van der Waals surface area contributed by atoms with Gasteiger partial charge in [0.15, 0.2) is 4.80 Å². The third-order valence-electron chi connectivity index (χ3n) is 5.31. The number of nitrogens with zero attached hydrogens (tertiary/aromatic N) is 2. The number of phenols is 1. The number of ether oxygens (including phenoxy) is 2. The van der Waals surface area contributed by atoms with Crippen LogP contribution in [-0.2, 0) is 9.53 Å². The van der Waals surface area contributed by atoms with Crippen molar-refractivity contribution in [3.05, 3.63) is 90.6 Å². The van der Waals surface area contributed by atoms with Crippen molar-refractivity contribution < 1.29 is 19.4 Å². The summed E-state index contributed by atoms with van der Waals surface area (Å²) in [7, 11) is 0. The molecule has 0 aliphatic carbocycles. The molecule has 1 N–H and O–H groups in total. The first-order valence-corrected chi connectivity index (χ1v) is 11.9. The fourth-order valence-electron chi connectivity index (χ4n) is 3.86. The van der Waals surface area contributed by atoms with E-state index in [9.17, 15) is 14.7 Å². The summed E-state index contributed by atoms with van der Waals surface area (Å²) in [5.41, 5.74) is 1.79. The molecule has 0 saturated heterocycles. The van der Waals surface area contributed by atoms with Gasteiger partial charge in [0.05, 0.1) is 34.6 Å². The van der Waals surface area contributed by atoms with Gasteiger partial charge < -0.3 is 14.6 Å². The minimum atomic E-state index is -0.699. The van der Waals surface area contributed by atoms with Crippen molar-refractivity contribution in [3.8, 4) is 11.5 Å². The second kappa shape index (κ2) is 9.69. The number of hydrogen-bond donors (Lipinski definition) is 1. The molecular weight excluding hydrogens is 452 g/mol. The lowest BCUT2D eigenvalue weighted by Crippen LogP contribution is -2.39. The second-order valence-corrected chi connectivity index (χ2v) is 9.11. The first kappa shape index (κ1) is 23.5. The predicted octanol–water partition coefficient (Wildman–Crippen LogP) is 3.29. The van der Waals surface area contributed by atoms with Crippen molar-refractivity contribution in [2.75, 3.05) is 6.61 Å². The first-order valence-electron chi connectivity index (χ1n) is 11.0. The second-order valence-electron chi connectivity index (χ2n) is 8.10. The van der Waals surface area contributed by atoms with E-state index in [1.54, 1.807) is 44.2 Å². The van der Waals surface area contributed by atoms with E-state index in [0.717, 1.165) is 5.56 Å². The molecule has 1 aliphatic heterocycles. The zero-order chi connectivity index (χ0) is 24.4. The summed E-state index contributed by atoms with van der Waals surface area (Å²) >= 11 is 1.21. The fraction of sp³-hybridized carbons (Fsp3) is 0.269. The molecule has 0 fully saturated rings. The summed E-state index contributed by atoms with van der Waals surface area (Å²) < 4.78 is 13.0. The molecule has 0 saturated carbocycles. The molecule has 7 nitrogen and oxygen atoms in total. The molecule has 34 heavy (non-hydrogen) atoms. The van der Waals surface area contributed by atoms with E-state index in [2.05, 4.69) is 4.99 Å². The van der Waals surface area contributed by atoms with Gasteiger partial charge in [-0.2, -0.15) is 0 Å². The lowest BCUT2D eigenvalue weighted by atomic mass is 9.96. The van der Waals surface area contributed by atoms with E-state index >= 15 is 0 Å². The van der Waals surface area contributed by atoms with Gasteiger partial charge in [-0.15, -0.1) is 0 Å². The van der Waals surface area contributed by atoms with Crippen molar-refractivity contribution in [1.29, 1.82) is 0 Å². The maximum Gasteiger partial charge on any atom is 0.338 e. The van der Waals surface area contributed by atoms with E-state index in [0.29, 0.717) is 31.9 Å². The number of carbonyl (C=O) groups excluding carboxylic acids is 1. The van der Waals surface area contributed by atoms with Crippen LogP contribution < -0.4 is 19.6 Å². The SMILES string of the molecule is CCOC(=O)C1=C(C)N=c2sc(=Cc3ccccc3O)c(=O)n2[C@@H]1c1ccc(OC(C)C)cc1. The molecular formula is C26H26N2O5S. The van der Waals surface area contributed by atoms with E-state index in [1.807, 2.05) is 38.1 Å². The van der Waals surface area contributed by atoms with Gasteiger partial charge in [0.1, 0.15) is 11.5 Å². The Bertz CT molecular complexity index is 1430. The number of aromatic hydroxyl groups is 1. The average Bonchev–Trinajstić information content (AvgIpc) is 3.09. The largest absolute Gasteiger partial charge is 0.507 e. The number of rotatable bonds is 6. The Balaban J connectivity index is 1.91. The summed E-state index contributed by atoms with van der Waals surface area (Å²) in [5, 5.41) is 10.2. The summed E-state index contributed by atoms with van der Waals surface area (Å²) in [5.74, 6) is 0.268. The third kappa shape index (κ3) is 4.54. The Labute approximate surface area is 200 Å². The molecule has 1 aliphatic rings. The Kier molecular flexibility index (Phi) is 6.70. The maximum atomic E-state index is 13.6. The average molecular weight is 479 g/mol. The monoisotopic (exact) mass is 478 g/mol. The van der Waals surface area contributed by atoms with Gasteiger partial charge in [-0.25, -0.2) is 9.79 Å². The number of para-hydroxylation sites is 1. The normalized spacial score (nSPS) is 15.8. The van der Waals surface area contributed by atoms with Gasteiger partial charge in [0.25, 0.3) is 5.56 Å². The van der Waals surface area contributed by atoms with Crippen LogP contribution in [0.15, 0.2) is 69.6 Å². The molecule has 2 heterocycles. The molecule has 0 bridgehead atoms. The smallest absolute Gasteiger partial charge is 0.338 e. The summed E-state index contributed by atoms with van der Waals surface area (Å²) in [4.78, 5) is 31.5. The molecule has 176 valence electrons. The molecule has 0 unspecified atom stereocenters. The number of aromatic nitrogens is 1. The Morgan fingerprint density at radius 2 is 1.91 bits per heavy atom. The van der Waals surface area contributed by atoms with E-state index in [1.165, 1.54) is 15.9 Å². The zero-order valence-electron chi connectivity index (χ0n) is 19.4. The van der Waals surface area contributed by atoms with Gasteiger partial charge in [0, 0.05) is 5.56 Å². The number of phenolic OH excluding ortho intramolecular Hbond substituents is 1. The number of esters is 1. The number of carbonyl (C=O) groups is 1. The van der Waals surface area contributed by atoms with Crippen molar-refractivity contribution in [2.45, 2.75) is 39.8 Å².